The van der Waals surface area contributed by atoms with Gasteiger partial charge in [-0.2, -0.15) is 0 Å². The van der Waals surface area contributed by atoms with E-state index in [1.807, 2.05) is 0 Å². The highest BCUT2D eigenvalue weighted by Gasteiger charge is 2.21. The number of guanidine groups is 1. The van der Waals surface area contributed by atoms with Gasteiger partial charge in [0, 0.05) is 12.1 Å². The first-order chi connectivity index (χ1) is 13.2. The minimum absolute atomic E-state index is 0.0331. The second-order valence-electron chi connectivity index (χ2n) is 8.29. The van der Waals surface area contributed by atoms with E-state index in [2.05, 4.69) is 15.6 Å². The molecule has 2 N–H and O–H groups in total. The van der Waals surface area contributed by atoms with Crippen LogP contribution in [-0.2, 0) is 16.0 Å². The summed E-state index contributed by atoms with van der Waals surface area (Å²) in [6, 6.07) is 4.35. The van der Waals surface area contributed by atoms with Crippen molar-refractivity contribution in [1.82, 2.24) is 10.6 Å². The van der Waals surface area contributed by atoms with Crippen molar-refractivity contribution >= 4 is 23.8 Å². The first-order valence-electron chi connectivity index (χ1n) is 8.94. The number of nitrogens with one attached hydrogen (secondary N) is 2. The molecule has 0 saturated carbocycles. The quantitative estimate of drug-likeness (QED) is 0.338. The lowest BCUT2D eigenvalue weighted by atomic mass is 10.1. The smallest absolute Gasteiger partial charge is 0.414 e. The zero-order valence-corrected chi connectivity index (χ0v) is 17.8. The fourth-order valence-corrected chi connectivity index (χ4v) is 2.05. The van der Waals surface area contributed by atoms with Crippen LogP contribution in [-0.4, -0.2) is 34.3 Å². The summed E-state index contributed by atoms with van der Waals surface area (Å²) in [5.41, 5.74) is -0.178. The van der Waals surface area contributed by atoms with Gasteiger partial charge < -0.3 is 9.47 Å². The molecule has 0 saturated heterocycles. The minimum Gasteiger partial charge on any atom is -0.444 e. The molecule has 0 aliphatic heterocycles. The third kappa shape index (κ3) is 9.54. The molecule has 0 aromatic heterocycles. The molecule has 0 atom stereocenters. The van der Waals surface area contributed by atoms with Gasteiger partial charge in [0.1, 0.15) is 11.2 Å². The predicted octanol–water partition coefficient (Wildman–Crippen LogP) is 3.81. The van der Waals surface area contributed by atoms with Gasteiger partial charge in [0.15, 0.2) is 0 Å². The number of nitrogens with zero attached hydrogens (tertiary/aromatic N) is 2. The molecule has 1 rings (SSSR count). The summed E-state index contributed by atoms with van der Waals surface area (Å²) in [5.74, 6) is -0.161. The largest absolute Gasteiger partial charge is 0.444 e. The van der Waals surface area contributed by atoms with Crippen LogP contribution >= 0.6 is 0 Å². The van der Waals surface area contributed by atoms with E-state index < -0.39 is 28.3 Å². The second kappa shape index (κ2) is 9.35. The van der Waals surface area contributed by atoms with Crippen LogP contribution < -0.4 is 10.6 Å². The summed E-state index contributed by atoms with van der Waals surface area (Å²) >= 11 is 0. The number of alkyl carbamates (subject to hydrolysis) is 2. The lowest BCUT2D eigenvalue weighted by molar-refractivity contribution is -0.384. The van der Waals surface area contributed by atoms with E-state index in [1.165, 1.54) is 12.1 Å². The van der Waals surface area contributed by atoms with E-state index in [0.29, 0.717) is 11.1 Å². The fraction of sp³-hybridized carbons (Fsp3) is 0.526. The van der Waals surface area contributed by atoms with Crippen LogP contribution in [0.5, 0.6) is 0 Å². The molecule has 0 heterocycles. The Morgan fingerprint density at radius 3 is 1.90 bits per heavy atom. The van der Waals surface area contributed by atoms with E-state index in [4.69, 9.17) is 9.47 Å². The van der Waals surface area contributed by atoms with E-state index in [0.717, 1.165) is 0 Å². The van der Waals surface area contributed by atoms with E-state index >= 15 is 0 Å². The number of aliphatic imine (C=N–C) groups is 1. The maximum atomic E-state index is 12.1. The van der Waals surface area contributed by atoms with E-state index in [9.17, 15) is 19.7 Å². The van der Waals surface area contributed by atoms with Gasteiger partial charge in [0.25, 0.3) is 5.69 Å². The molecule has 0 bridgehead atoms. The topological polar surface area (TPSA) is 132 Å². The van der Waals surface area contributed by atoms with Crippen molar-refractivity contribution in [2.75, 3.05) is 0 Å². The van der Waals surface area contributed by atoms with Crippen LogP contribution in [0.15, 0.2) is 23.2 Å². The number of nitro groups is 1. The Labute approximate surface area is 169 Å². The summed E-state index contributed by atoms with van der Waals surface area (Å²) in [7, 11) is 0. The summed E-state index contributed by atoms with van der Waals surface area (Å²) < 4.78 is 10.3. The Hall–Kier alpha value is -3.17. The lowest BCUT2D eigenvalue weighted by Crippen LogP contribution is -2.47. The normalized spacial score (nSPS) is 11.3. The van der Waals surface area contributed by atoms with Crippen molar-refractivity contribution < 1.29 is 24.0 Å². The number of aryl methyl sites for hydroxylation is 1. The van der Waals surface area contributed by atoms with Gasteiger partial charge in [-0.3, -0.25) is 20.7 Å². The van der Waals surface area contributed by atoms with Crippen molar-refractivity contribution in [2.24, 2.45) is 4.99 Å². The molecule has 0 aliphatic rings. The minimum atomic E-state index is -0.798. The average molecular weight is 408 g/mol. The van der Waals surface area contributed by atoms with Gasteiger partial charge in [-0.25, -0.2) is 14.6 Å². The Balaban J connectivity index is 3.01. The van der Waals surface area contributed by atoms with Crippen LogP contribution in [0.2, 0.25) is 0 Å². The van der Waals surface area contributed by atoms with Crippen LogP contribution in [0.25, 0.3) is 0 Å². The van der Waals surface area contributed by atoms with E-state index in [1.54, 1.807) is 54.5 Å². The number of ether oxygens (including phenoxy) is 2. The Bertz CT molecular complexity index is 774. The first kappa shape index (κ1) is 23.9. The zero-order chi connectivity index (χ0) is 22.4. The van der Waals surface area contributed by atoms with Crippen molar-refractivity contribution in [3.8, 4) is 0 Å². The number of nitro benzene ring substituents is 1. The number of carbonyl (C=O) groups is 2. The van der Waals surface area contributed by atoms with Crippen molar-refractivity contribution in [3.63, 3.8) is 0 Å². The standard InChI is InChI=1S/C19H28N4O6/c1-12-10-14(23(26)27)9-8-13(12)11-20-15(21-16(24)28-18(2,3)4)22-17(25)29-19(5,6)7/h8-10H,11H2,1-7H3,(H2,20,21,22,24,25). The second-order valence-corrected chi connectivity index (χ2v) is 8.29. The molecule has 0 radical (unpaired) electrons. The Morgan fingerprint density at radius 2 is 1.52 bits per heavy atom. The Morgan fingerprint density at radius 1 is 1.03 bits per heavy atom. The number of hydrogen-bond donors (Lipinski definition) is 2. The van der Waals surface area contributed by atoms with Crippen LogP contribution in [0.1, 0.15) is 52.7 Å². The third-order valence-electron chi connectivity index (χ3n) is 3.18. The molecule has 0 spiro atoms. The van der Waals surface area contributed by atoms with Gasteiger partial charge in [0.05, 0.1) is 11.5 Å². The summed E-state index contributed by atoms with van der Waals surface area (Å²) in [5, 5.41) is 15.6. The lowest BCUT2D eigenvalue weighted by Gasteiger charge is -2.22. The number of hydrogen-bond acceptors (Lipinski definition) is 7. The van der Waals surface area contributed by atoms with Gasteiger partial charge in [0.2, 0.25) is 5.96 Å². The third-order valence-corrected chi connectivity index (χ3v) is 3.18. The molecule has 2 amide bonds. The number of rotatable bonds is 3. The zero-order valence-electron chi connectivity index (χ0n) is 17.8. The van der Waals surface area contributed by atoms with Crippen molar-refractivity contribution in [3.05, 3.63) is 39.4 Å². The highest BCUT2D eigenvalue weighted by Crippen LogP contribution is 2.17. The molecular weight excluding hydrogens is 380 g/mol. The molecule has 0 aliphatic carbocycles. The molecule has 1 aromatic rings. The molecular formula is C19H28N4O6. The van der Waals surface area contributed by atoms with E-state index in [-0.39, 0.29) is 18.2 Å². The molecule has 0 fully saturated rings. The van der Waals surface area contributed by atoms with Crippen LogP contribution in [0.3, 0.4) is 0 Å². The van der Waals surface area contributed by atoms with Crippen LogP contribution in [0, 0.1) is 17.0 Å². The Kier molecular flexibility index (Phi) is 7.70. The summed E-state index contributed by atoms with van der Waals surface area (Å²) in [6.45, 7) is 12.0. The summed E-state index contributed by atoms with van der Waals surface area (Å²) in [4.78, 5) is 38.7. The van der Waals surface area contributed by atoms with Gasteiger partial charge >= 0.3 is 12.2 Å². The number of benzene rings is 1. The van der Waals surface area contributed by atoms with Crippen molar-refractivity contribution in [2.45, 2.75) is 66.2 Å². The maximum Gasteiger partial charge on any atom is 0.414 e. The number of non-ortho nitro benzene ring substituents is 1. The predicted molar refractivity (Wildman–Crippen MR) is 108 cm³/mol. The fourth-order valence-electron chi connectivity index (χ4n) is 2.05. The molecule has 29 heavy (non-hydrogen) atoms. The number of carbonyl (C=O) groups excluding carboxylic acids is 2. The van der Waals surface area contributed by atoms with Crippen molar-refractivity contribution in [1.29, 1.82) is 0 Å². The highest BCUT2D eigenvalue weighted by molar-refractivity contribution is 6.01. The molecule has 0 unspecified atom stereocenters. The first-order valence-corrected chi connectivity index (χ1v) is 8.94. The molecule has 160 valence electrons. The van der Waals surface area contributed by atoms with Gasteiger partial charge in [-0.15, -0.1) is 0 Å². The summed E-state index contributed by atoms with van der Waals surface area (Å²) in [6.07, 6.45) is -1.60. The SMILES string of the molecule is Cc1cc([N+](=O)[O-])ccc1CN=C(NC(=O)OC(C)(C)C)NC(=O)OC(C)(C)C. The monoisotopic (exact) mass is 408 g/mol. The molecule has 10 nitrogen and oxygen atoms in total. The van der Waals surface area contributed by atoms with Gasteiger partial charge in [-0.05, 0) is 59.6 Å². The highest BCUT2D eigenvalue weighted by atomic mass is 16.6. The maximum absolute atomic E-state index is 12.1. The van der Waals surface area contributed by atoms with Gasteiger partial charge in [-0.1, -0.05) is 6.07 Å². The number of amides is 2. The molecule has 1 aromatic carbocycles. The average Bonchev–Trinajstić information content (AvgIpc) is 2.49. The van der Waals surface area contributed by atoms with Crippen LogP contribution in [0.4, 0.5) is 15.3 Å². The molecule has 10 heteroatoms.